The molecule has 1 rings (SSSR count). The molecule has 21 heavy (non-hydrogen) atoms. The standard InChI is InChI=1S/C14H18ClNO5/c1-4-5-20-13-10(15)6-9(7-11(13)19-3)14(18)21-8-12(17)16-2/h6-7H,4-5,8H2,1-3H3,(H,16,17). The topological polar surface area (TPSA) is 73.9 Å². The van der Waals surface area contributed by atoms with Gasteiger partial charge >= 0.3 is 5.97 Å². The molecule has 0 unspecified atom stereocenters. The molecule has 0 aliphatic carbocycles. The summed E-state index contributed by atoms with van der Waals surface area (Å²) in [5, 5.41) is 2.60. The summed E-state index contributed by atoms with van der Waals surface area (Å²) in [7, 11) is 2.90. The molecule has 116 valence electrons. The van der Waals surface area contributed by atoms with Gasteiger partial charge < -0.3 is 19.5 Å². The van der Waals surface area contributed by atoms with Crippen LogP contribution in [0.15, 0.2) is 12.1 Å². The largest absolute Gasteiger partial charge is 0.493 e. The fourth-order valence-electron chi connectivity index (χ4n) is 1.47. The van der Waals surface area contributed by atoms with Crippen LogP contribution >= 0.6 is 11.6 Å². The second-order valence-electron chi connectivity index (χ2n) is 4.09. The first-order chi connectivity index (χ1) is 10.0. The summed E-state index contributed by atoms with van der Waals surface area (Å²) >= 11 is 6.09. The summed E-state index contributed by atoms with van der Waals surface area (Å²) in [6, 6.07) is 2.88. The van der Waals surface area contributed by atoms with Crippen molar-refractivity contribution < 1.29 is 23.8 Å². The van der Waals surface area contributed by atoms with Gasteiger partial charge in [-0.2, -0.15) is 0 Å². The molecule has 0 aromatic heterocycles. The van der Waals surface area contributed by atoms with Gasteiger partial charge in [-0.25, -0.2) is 4.79 Å². The summed E-state index contributed by atoms with van der Waals surface area (Å²) in [4.78, 5) is 22.9. The molecule has 1 aromatic carbocycles. The van der Waals surface area contributed by atoms with Crippen LogP contribution in [-0.4, -0.2) is 39.2 Å². The third-order valence-electron chi connectivity index (χ3n) is 2.53. The summed E-state index contributed by atoms with van der Waals surface area (Å²) in [6.07, 6.45) is 0.815. The zero-order valence-electron chi connectivity index (χ0n) is 12.2. The maximum absolute atomic E-state index is 11.9. The Labute approximate surface area is 128 Å². The van der Waals surface area contributed by atoms with Gasteiger partial charge in [0.1, 0.15) is 0 Å². The van der Waals surface area contributed by atoms with Crippen molar-refractivity contribution in [1.29, 1.82) is 0 Å². The predicted octanol–water partition coefficient (Wildman–Crippen LogP) is 2.04. The summed E-state index contributed by atoms with van der Waals surface area (Å²) in [6.45, 7) is 2.09. The van der Waals surface area contributed by atoms with Gasteiger partial charge in [0.05, 0.1) is 24.3 Å². The molecule has 0 atom stereocenters. The first kappa shape index (κ1) is 17.1. The number of benzene rings is 1. The number of nitrogens with one attached hydrogen (secondary N) is 1. The number of likely N-dealkylation sites (N-methyl/N-ethyl adjacent to an activating group) is 1. The quantitative estimate of drug-likeness (QED) is 0.779. The lowest BCUT2D eigenvalue weighted by Crippen LogP contribution is -2.25. The lowest BCUT2D eigenvalue weighted by atomic mass is 10.2. The molecule has 7 heteroatoms. The van der Waals surface area contributed by atoms with Crippen molar-refractivity contribution >= 4 is 23.5 Å². The van der Waals surface area contributed by atoms with Gasteiger partial charge in [-0.1, -0.05) is 18.5 Å². The number of methoxy groups -OCH3 is 1. The van der Waals surface area contributed by atoms with E-state index in [1.165, 1.54) is 26.3 Å². The Morgan fingerprint density at radius 2 is 2.05 bits per heavy atom. The normalized spacial score (nSPS) is 9.90. The van der Waals surface area contributed by atoms with Crippen LogP contribution in [0.3, 0.4) is 0 Å². The SMILES string of the molecule is CCCOc1c(Cl)cc(C(=O)OCC(=O)NC)cc1OC. The number of esters is 1. The number of hydrogen-bond donors (Lipinski definition) is 1. The van der Waals surface area contributed by atoms with Gasteiger partial charge in [0.2, 0.25) is 0 Å². The second kappa shape index (κ2) is 8.36. The fraction of sp³-hybridized carbons (Fsp3) is 0.429. The second-order valence-corrected chi connectivity index (χ2v) is 4.49. The third-order valence-corrected chi connectivity index (χ3v) is 2.81. The van der Waals surface area contributed by atoms with Crippen LogP contribution < -0.4 is 14.8 Å². The number of hydrogen-bond acceptors (Lipinski definition) is 5. The van der Waals surface area contributed by atoms with E-state index in [1.54, 1.807) is 0 Å². The van der Waals surface area contributed by atoms with E-state index in [4.69, 9.17) is 25.8 Å². The highest BCUT2D eigenvalue weighted by molar-refractivity contribution is 6.32. The lowest BCUT2D eigenvalue weighted by molar-refractivity contribution is -0.123. The Balaban J connectivity index is 2.91. The summed E-state index contributed by atoms with van der Waals surface area (Å²) in [5.74, 6) is -0.350. The molecule has 0 spiro atoms. The molecule has 0 saturated heterocycles. The first-order valence-electron chi connectivity index (χ1n) is 6.41. The van der Waals surface area contributed by atoms with E-state index in [9.17, 15) is 9.59 Å². The van der Waals surface area contributed by atoms with Crippen LogP contribution in [0.2, 0.25) is 5.02 Å². The molecule has 0 fully saturated rings. The van der Waals surface area contributed by atoms with Crippen molar-refractivity contribution in [1.82, 2.24) is 5.32 Å². The van der Waals surface area contributed by atoms with Crippen LogP contribution in [0.5, 0.6) is 11.5 Å². The Morgan fingerprint density at radius 1 is 1.33 bits per heavy atom. The fourth-order valence-corrected chi connectivity index (χ4v) is 1.73. The highest BCUT2D eigenvalue weighted by Gasteiger charge is 2.17. The molecular formula is C14H18ClNO5. The van der Waals surface area contributed by atoms with E-state index in [0.29, 0.717) is 18.1 Å². The van der Waals surface area contributed by atoms with Crippen LogP contribution in [0.4, 0.5) is 0 Å². The van der Waals surface area contributed by atoms with E-state index in [2.05, 4.69) is 5.32 Å². The van der Waals surface area contributed by atoms with E-state index >= 15 is 0 Å². The average Bonchev–Trinajstić information content (AvgIpc) is 2.50. The van der Waals surface area contributed by atoms with Crippen LogP contribution in [0.1, 0.15) is 23.7 Å². The van der Waals surface area contributed by atoms with Gasteiger partial charge in [-0.05, 0) is 18.6 Å². The maximum Gasteiger partial charge on any atom is 0.338 e. The number of ether oxygens (including phenoxy) is 3. The number of rotatable bonds is 7. The smallest absolute Gasteiger partial charge is 0.338 e. The monoisotopic (exact) mass is 315 g/mol. The van der Waals surface area contributed by atoms with Gasteiger partial charge in [0, 0.05) is 7.05 Å². The van der Waals surface area contributed by atoms with Crippen molar-refractivity contribution in [3.05, 3.63) is 22.7 Å². The first-order valence-corrected chi connectivity index (χ1v) is 6.79. The molecule has 0 aliphatic rings. The Bertz CT molecular complexity index is 518. The molecule has 0 bridgehead atoms. The number of carbonyl (C=O) groups is 2. The minimum Gasteiger partial charge on any atom is -0.493 e. The third kappa shape index (κ3) is 4.82. The van der Waals surface area contributed by atoms with Crippen LogP contribution in [0, 0.1) is 0 Å². The number of carbonyl (C=O) groups excluding carboxylic acids is 2. The Morgan fingerprint density at radius 3 is 2.62 bits per heavy atom. The van der Waals surface area contributed by atoms with Crippen molar-refractivity contribution in [3.63, 3.8) is 0 Å². The molecule has 0 saturated carbocycles. The molecule has 0 heterocycles. The summed E-state index contributed by atoms with van der Waals surface area (Å²) < 4.78 is 15.5. The Hall–Kier alpha value is -1.95. The van der Waals surface area contributed by atoms with E-state index in [-0.39, 0.29) is 17.2 Å². The van der Waals surface area contributed by atoms with Gasteiger partial charge in [-0.15, -0.1) is 0 Å². The van der Waals surface area contributed by atoms with Crippen molar-refractivity contribution in [2.45, 2.75) is 13.3 Å². The van der Waals surface area contributed by atoms with Crippen LogP contribution in [0.25, 0.3) is 0 Å². The highest BCUT2D eigenvalue weighted by atomic mass is 35.5. The molecular weight excluding hydrogens is 298 g/mol. The van der Waals surface area contributed by atoms with Gasteiger partial charge in [-0.3, -0.25) is 4.79 Å². The minimum absolute atomic E-state index is 0.185. The van der Waals surface area contributed by atoms with E-state index in [0.717, 1.165) is 6.42 Å². The molecule has 0 aliphatic heterocycles. The highest BCUT2D eigenvalue weighted by Crippen LogP contribution is 2.36. The molecule has 6 nitrogen and oxygen atoms in total. The van der Waals surface area contributed by atoms with Crippen LogP contribution in [-0.2, 0) is 9.53 Å². The average molecular weight is 316 g/mol. The van der Waals surface area contributed by atoms with Crippen molar-refractivity contribution in [3.8, 4) is 11.5 Å². The van der Waals surface area contributed by atoms with Gasteiger partial charge in [0.15, 0.2) is 18.1 Å². The maximum atomic E-state index is 11.9. The van der Waals surface area contributed by atoms with Crippen molar-refractivity contribution in [2.75, 3.05) is 27.4 Å². The van der Waals surface area contributed by atoms with Gasteiger partial charge in [0.25, 0.3) is 5.91 Å². The number of amides is 1. The zero-order valence-corrected chi connectivity index (χ0v) is 13.0. The molecule has 1 aromatic rings. The molecule has 1 N–H and O–H groups in total. The number of halogens is 1. The predicted molar refractivity (Wildman–Crippen MR) is 78.1 cm³/mol. The summed E-state index contributed by atoms with van der Waals surface area (Å²) in [5.41, 5.74) is 0.185. The van der Waals surface area contributed by atoms with Crippen molar-refractivity contribution in [2.24, 2.45) is 0 Å². The zero-order chi connectivity index (χ0) is 15.8. The van der Waals surface area contributed by atoms with E-state index < -0.39 is 11.9 Å². The van der Waals surface area contributed by atoms with E-state index in [1.807, 2.05) is 6.92 Å². The minimum atomic E-state index is -0.666. The lowest BCUT2D eigenvalue weighted by Gasteiger charge is -2.13. The molecule has 0 radical (unpaired) electrons. The Kier molecular flexibility index (Phi) is 6.81. The molecule has 1 amide bonds.